The first-order valence-corrected chi connectivity index (χ1v) is 7.85. The smallest absolute Gasteiger partial charge is 0.347 e. The standard InChI is InChI=1S/C18H18N2O6/c1-12(17(21)19-15-10-6-7-11-16(15)20(23)24)26-18(22)13(2)25-14-8-4-3-5-9-14/h3-13H,1-2H3,(H,19,21)/t12-,13+/m0/s1. The van der Waals surface area contributed by atoms with Crippen LogP contribution in [0.2, 0.25) is 0 Å². The van der Waals surface area contributed by atoms with Crippen molar-refractivity contribution in [3.05, 3.63) is 64.7 Å². The number of benzene rings is 2. The first-order chi connectivity index (χ1) is 12.4. The van der Waals surface area contributed by atoms with Gasteiger partial charge in [-0.1, -0.05) is 30.3 Å². The highest BCUT2D eigenvalue weighted by molar-refractivity contribution is 5.97. The number of nitro benzene ring substituents is 1. The molecule has 2 atom stereocenters. The molecular weight excluding hydrogens is 340 g/mol. The Kier molecular flexibility index (Phi) is 6.26. The van der Waals surface area contributed by atoms with Gasteiger partial charge in [0.1, 0.15) is 11.4 Å². The molecule has 0 aromatic heterocycles. The van der Waals surface area contributed by atoms with Gasteiger partial charge in [0.2, 0.25) is 0 Å². The van der Waals surface area contributed by atoms with Crippen LogP contribution < -0.4 is 10.1 Å². The van der Waals surface area contributed by atoms with Gasteiger partial charge >= 0.3 is 5.97 Å². The van der Waals surface area contributed by atoms with E-state index in [2.05, 4.69) is 5.32 Å². The molecule has 0 saturated carbocycles. The molecule has 0 aliphatic rings. The number of hydrogen-bond acceptors (Lipinski definition) is 6. The number of carbonyl (C=O) groups excluding carboxylic acids is 2. The Morgan fingerprint density at radius 1 is 1.00 bits per heavy atom. The molecule has 0 fully saturated rings. The molecule has 2 aromatic rings. The Morgan fingerprint density at radius 3 is 2.27 bits per heavy atom. The highest BCUT2D eigenvalue weighted by Gasteiger charge is 2.25. The third kappa shape index (κ3) is 5.04. The zero-order valence-electron chi connectivity index (χ0n) is 14.2. The number of anilines is 1. The number of hydrogen-bond donors (Lipinski definition) is 1. The number of rotatable bonds is 7. The average molecular weight is 358 g/mol. The summed E-state index contributed by atoms with van der Waals surface area (Å²) in [5.41, 5.74) is -0.223. The van der Waals surface area contributed by atoms with Crippen molar-refractivity contribution < 1.29 is 24.0 Å². The predicted molar refractivity (Wildman–Crippen MR) is 93.8 cm³/mol. The van der Waals surface area contributed by atoms with Crippen LogP contribution in [0.15, 0.2) is 54.6 Å². The second-order valence-electron chi connectivity index (χ2n) is 5.42. The molecule has 2 aromatic carbocycles. The summed E-state index contributed by atoms with van der Waals surface area (Å²) in [6, 6.07) is 14.4. The van der Waals surface area contributed by atoms with E-state index in [0.29, 0.717) is 5.75 Å². The molecule has 26 heavy (non-hydrogen) atoms. The maximum atomic E-state index is 12.2. The molecule has 0 unspecified atom stereocenters. The van der Waals surface area contributed by atoms with Gasteiger partial charge in [0.05, 0.1) is 4.92 Å². The van der Waals surface area contributed by atoms with Crippen LogP contribution in [0.1, 0.15) is 13.8 Å². The number of esters is 1. The Hall–Kier alpha value is -3.42. The highest BCUT2D eigenvalue weighted by Crippen LogP contribution is 2.23. The maximum Gasteiger partial charge on any atom is 0.347 e. The molecule has 8 heteroatoms. The van der Waals surface area contributed by atoms with Crippen LogP contribution in [0.25, 0.3) is 0 Å². The van der Waals surface area contributed by atoms with E-state index >= 15 is 0 Å². The second kappa shape index (κ2) is 8.61. The number of nitrogens with zero attached hydrogens (tertiary/aromatic N) is 1. The van der Waals surface area contributed by atoms with E-state index < -0.39 is 29.0 Å². The fourth-order valence-electron chi connectivity index (χ4n) is 2.05. The topological polar surface area (TPSA) is 108 Å². The average Bonchev–Trinajstić information content (AvgIpc) is 2.62. The molecule has 0 saturated heterocycles. The summed E-state index contributed by atoms with van der Waals surface area (Å²) in [5.74, 6) is -0.910. The lowest BCUT2D eigenvalue weighted by Gasteiger charge is -2.17. The Morgan fingerprint density at radius 2 is 1.62 bits per heavy atom. The summed E-state index contributed by atoms with van der Waals surface area (Å²) < 4.78 is 10.5. The zero-order valence-corrected chi connectivity index (χ0v) is 14.2. The maximum absolute atomic E-state index is 12.2. The molecule has 1 amide bonds. The van der Waals surface area contributed by atoms with Gasteiger partial charge in [0.15, 0.2) is 12.2 Å². The Labute approximate surface area is 149 Å². The van der Waals surface area contributed by atoms with Crippen molar-refractivity contribution in [3.8, 4) is 5.75 Å². The van der Waals surface area contributed by atoms with E-state index in [1.54, 1.807) is 30.3 Å². The van der Waals surface area contributed by atoms with Crippen LogP contribution in [0.3, 0.4) is 0 Å². The molecule has 2 rings (SSSR count). The van der Waals surface area contributed by atoms with Crippen LogP contribution in [0.5, 0.6) is 5.75 Å². The van der Waals surface area contributed by atoms with E-state index in [4.69, 9.17) is 9.47 Å². The molecule has 0 radical (unpaired) electrons. The van der Waals surface area contributed by atoms with Crippen molar-refractivity contribution in [2.24, 2.45) is 0 Å². The second-order valence-corrected chi connectivity index (χ2v) is 5.42. The lowest BCUT2D eigenvalue weighted by molar-refractivity contribution is -0.383. The van der Waals surface area contributed by atoms with Crippen molar-refractivity contribution in [1.29, 1.82) is 0 Å². The number of nitro groups is 1. The Balaban J connectivity index is 1.94. The molecule has 136 valence electrons. The first-order valence-electron chi connectivity index (χ1n) is 7.85. The van der Waals surface area contributed by atoms with Crippen LogP contribution in [-0.4, -0.2) is 29.0 Å². The molecule has 8 nitrogen and oxygen atoms in total. The van der Waals surface area contributed by atoms with Gasteiger partial charge in [0, 0.05) is 6.07 Å². The monoisotopic (exact) mass is 358 g/mol. The van der Waals surface area contributed by atoms with Gasteiger partial charge in [-0.25, -0.2) is 4.79 Å². The summed E-state index contributed by atoms with van der Waals surface area (Å²) in [6.45, 7) is 2.87. The highest BCUT2D eigenvalue weighted by atomic mass is 16.6. The minimum Gasteiger partial charge on any atom is -0.479 e. The lowest BCUT2D eigenvalue weighted by atomic mass is 10.2. The van der Waals surface area contributed by atoms with E-state index in [9.17, 15) is 19.7 Å². The molecule has 1 N–H and O–H groups in total. The fraction of sp³-hybridized carbons (Fsp3) is 0.222. The van der Waals surface area contributed by atoms with E-state index in [1.165, 1.54) is 32.0 Å². The summed E-state index contributed by atoms with van der Waals surface area (Å²) in [6.07, 6.45) is -2.07. The van der Waals surface area contributed by atoms with Crippen LogP contribution >= 0.6 is 0 Å². The van der Waals surface area contributed by atoms with E-state index in [-0.39, 0.29) is 11.4 Å². The van der Waals surface area contributed by atoms with Crippen LogP contribution in [0, 0.1) is 10.1 Å². The van der Waals surface area contributed by atoms with E-state index in [1.807, 2.05) is 6.07 Å². The van der Waals surface area contributed by atoms with Crippen molar-refractivity contribution in [2.75, 3.05) is 5.32 Å². The number of amides is 1. The minimum absolute atomic E-state index is 0.0268. The van der Waals surface area contributed by atoms with Gasteiger partial charge in [0.25, 0.3) is 11.6 Å². The fourth-order valence-corrected chi connectivity index (χ4v) is 2.05. The van der Waals surface area contributed by atoms with Crippen LogP contribution in [0.4, 0.5) is 11.4 Å². The molecule has 0 aliphatic heterocycles. The van der Waals surface area contributed by atoms with Crippen LogP contribution in [-0.2, 0) is 14.3 Å². The largest absolute Gasteiger partial charge is 0.479 e. The number of para-hydroxylation sites is 3. The normalized spacial score (nSPS) is 12.5. The van der Waals surface area contributed by atoms with E-state index in [0.717, 1.165) is 0 Å². The summed E-state index contributed by atoms with van der Waals surface area (Å²) in [5, 5.41) is 13.4. The predicted octanol–water partition coefficient (Wildman–Crippen LogP) is 2.93. The molecule has 0 heterocycles. The van der Waals surface area contributed by atoms with Crippen molar-refractivity contribution >= 4 is 23.3 Å². The molecule has 0 bridgehead atoms. The Bertz CT molecular complexity index is 793. The molecule has 0 spiro atoms. The SMILES string of the molecule is C[C@H](OC(=O)[C@@H](C)Oc1ccccc1)C(=O)Nc1ccccc1[N+](=O)[O-]. The quantitative estimate of drug-likeness (QED) is 0.463. The third-order valence-electron chi connectivity index (χ3n) is 3.41. The minimum atomic E-state index is -1.15. The summed E-state index contributed by atoms with van der Waals surface area (Å²) in [4.78, 5) is 34.6. The molecule has 0 aliphatic carbocycles. The van der Waals surface area contributed by atoms with Gasteiger partial charge in [-0.15, -0.1) is 0 Å². The third-order valence-corrected chi connectivity index (χ3v) is 3.41. The van der Waals surface area contributed by atoms with Gasteiger partial charge < -0.3 is 14.8 Å². The van der Waals surface area contributed by atoms with Gasteiger partial charge in [-0.2, -0.15) is 0 Å². The lowest BCUT2D eigenvalue weighted by Crippen LogP contribution is -2.35. The zero-order chi connectivity index (χ0) is 19.1. The summed E-state index contributed by atoms with van der Waals surface area (Å²) >= 11 is 0. The van der Waals surface area contributed by atoms with Gasteiger partial charge in [-0.05, 0) is 32.0 Å². The van der Waals surface area contributed by atoms with Crippen molar-refractivity contribution in [2.45, 2.75) is 26.1 Å². The molecular formula is C18H18N2O6. The van der Waals surface area contributed by atoms with Crippen molar-refractivity contribution in [1.82, 2.24) is 0 Å². The number of carbonyl (C=O) groups is 2. The summed E-state index contributed by atoms with van der Waals surface area (Å²) in [7, 11) is 0. The van der Waals surface area contributed by atoms with Crippen molar-refractivity contribution in [3.63, 3.8) is 0 Å². The first kappa shape index (κ1) is 18.9. The number of ether oxygens (including phenoxy) is 2. The number of nitrogens with one attached hydrogen (secondary N) is 1. The van der Waals surface area contributed by atoms with Gasteiger partial charge in [-0.3, -0.25) is 14.9 Å².